The van der Waals surface area contributed by atoms with Crippen molar-refractivity contribution >= 4 is 47.7 Å². The van der Waals surface area contributed by atoms with Crippen molar-refractivity contribution in [3.63, 3.8) is 0 Å². The van der Waals surface area contributed by atoms with E-state index >= 15 is 0 Å². The third kappa shape index (κ3) is 5.14. The molecule has 1 aromatic heterocycles. The van der Waals surface area contributed by atoms with Crippen molar-refractivity contribution in [1.29, 1.82) is 0 Å². The Morgan fingerprint density at radius 3 is 2.73 bits per heavy atom. The third-order valence-electron chi connectivity index (χ3n) is 2.91. The standard InChI is InChI=1S/C14H17N3O2S.2ClH/c1-9(19-2)14-17-10(8-20-14)7-16-13(18)11-5-3-4-6-12(11)15;;/h3-6,8-9H,7,15H2,1-2H3,(H,16,18);2*1H. The van der Waals surface area contributed by atoms with Gasteiger partial charge in [-0.3, -0.25) is 4.79 Å². The van der Waals surface area contributed by atoms with Crippen LogP contribution in [0.1, 0.15) is 34.1 Å². The van der Waals surface area contributed by atoms with Gasteiger partial charge in [0.1, 0.15) is 11.1 Å². The largest absolute Gasteiger partial charge is 0.398 e. The van der Waals surface area contributed by atoms with Crippen molar-refractivity contribution in [1.82, 2.24) is 10.3 Å². The van der Waals surface area contributed by atoms with Gasteiger partial charge in [-0.25, -0.2) is 4.98 Å². The number of nitrogen functional groups attached to an aromatic ring is 1. The van der Waals surface area contributed by atoms with E-state index in [0.717, 1.165) is 10.7 Å². The highest BCUT2D eigenvalue weighted by molar-refractivity contribution is 7.09. The van der Waals surface area contributed by atoms with E-state index in [1.165, 1.54) is 11.3 Å². The lowest BCUT2D eigenvalue weighted by atomic mass is 10.1. The average Bonchev–Trinajstić information content (AvgIpc) is 2.93. The minimum atomic E-state index is -0.197. The van der Waals surface area contributed by atoms with Crippen molar-refractivity contribution in [2.45, 2.75) is 19.6 Å². The summed E-state index contributed by atoms with van der Waals surface area (Å²) in [7, 11) is 1.64. The van der Waals surface area contributed by atoms with Gasteiger partial charge in [0.25, 0.3) is 5.91 Å². The van der Waals surface area contributed by atoms with Crippen LogP contribution >= 0.6 is 36.2 Å². The topological polar surface area (TPSA) is 77.2 Å². The van der Waals surface area contributed by atoms with Gasteiger partial charge in [-0.15, -0.1) is 36.2 Å². The smallest absolute Gasteiger partial charge is 0.253 e. The van der Waals surface area contributed by atoms with Gasteiger partial charge >= 0.3 is 0 Å². The Morgan fingerprint density at radius 2 is 2.09 bits per heavy atom. The molecule has 8 heteroatoms. The number of rotatable bonds is 5. The van der Waals surface area contributed by atoms with E-state index in [1.807, 2.05) is 12.3 Å². The van der Waals surface area contributed by atoms with Crippen molar-refractivity contribution in [2.24, 2.45) is 0 Å². The van der Waals surface area contributed by atoms with Gasteiger partial charge < -0.3 is 15.8 Å². The number of hydrogen-bond acceptors (Lipinski definition) is 5. The monoisotopic (exact) mass is 363 g/mol. The molecule has 0 saturated heterocycles. The fraction of sp³-hybridized carbons (Fsp3) is 0.286. The Hall–Kier alpha value is -1.34. The predicted molar refractivity (Wildman–Crippen MR) is 94.1 cm³/mol. The summed E-state index contributed by atoms with van der Waals surface area (Å²) in [4.78, 5) is 16.4. The molecule has 0 bridgehead atoms. The molecular weight excluding hydrogens is 345 g/mol. The normalized spacial score (nSPS) is 11.0. The highest BCUT2D eigenvalue weighted by Crippen LogP contribution is 2.20. The molecule has 1 amide bonds. The van der Waals surface area contributed by atoms with Crippen LogP contribution in [0.3, 0.4) is 0 Å². The van der Waals surface area contributed by atoms with Gasteiger partial charge in [0.2, 0.25) is 0 Å². The number of anilines is 1. The second-order valence-electron chi connectivity index (χ2n) is 4.32. The van der Waals surface area contributed by atoms with Crippen LogP contribution in [0.2, 0.25) is 0 Å². The lowest BCUT2D eigenvalue weighted by Gasteiger charge is -2.06. The minimum absolute atomic E-state index is 0. The number of benzene rings is 1. The van der Waals surface area contributed by atoms with Gasteiger partial charge in [0, 0.05) is 18.2 Å². The number of nitrogens with one attached hydrogen (secondary N) is 1. The predicted octanol–water partition coefficient (Wildman–Crippen LogP) is 3.21. The summed E-state index contributed by atoms with van der Waals surface area (Å²) in [5, 5.41) is 5.63. The van der Waals surface area contributed by atoms with E-state index in [2.05, 4.69) is 10.3 Å². The van der Waals surface area contributed by atoms with Crippen LogP contribution in [-0.2, 0) is 11.3 Å². The van der Waals surface area contributed by atoms with Crippen LogP contribution in [0.25, 0.3) is 0 Å². The molecule has 0 radical (unpaired) electrons. The Bertz CT molecular complexity index is 607. The first kappa shape index (κ1) is 20.7. The summed E-state index contributed by atoms with van der Waals surface area (Å²) in [5.41, 5.74) is 7.53. The van der Waals surface area contributed by atoms with Crippen molar-refractivity contribution < 1.29 is 9.53 Å². The Morgan fingerprint density at radius 1 is 1.41 bits per heavy atom. The molecule has 1 aromatic carbocycles. The van der Waals surface area contributed by atoms with Crippen LogP contribution in [-0.4, -0.2) is 18.0 Å². The number of halogens is 2. The van der Waals surface area contributed by atoms with E-state index < -0.39 is 0 Å². The quantitative estimate of drug-likeness (QED) is 0.799. The minimum Gasteiger partial charge on any atom is -0.398 e. The summed E-state index contributed by atoms with van der Waals surface area (Å²) < 4.78 is 5.20. The highest BCUT2D eigenvalue weighted by atomic mass is 35.5. The van der Waals surface area contributed by atoms with E-state index in [1.54, 1.807) is 31.4 Å². The molecule has 2 rings (SSSR count). The average molecular weight is 364 g/mol. The van der Waals surface area contributed by atoms with Gasteiger partial charge in [0.05, 0.1) is 17.8 Å². The molecular formula is C14H19Cl2N3O2S. The van der Waals surface area contributed by atoms with Crippen LogP contribution < -0.4 is 11.1 Å². The molecule has 0 aliphatic carbocycles. The van der Waals surface area contributed by atoms with Crippen molar-refractivity contribution in [3.05, 3.63) is 45.9 Å². The maximum Gasteiger partial charge on any atom is 0.253 e. The van der Waals surface area contributed by atoms with Gasteiger partial charge in [-0.1, -0.05) is 12.1 Å². The maximum absolute atomic E-state index is 12.0. The molecule has 2 aromatic rings. The number of hydrogen-bond donors (Lipinski definition) is 2. The number of amides is 1. The second kappa shape index (κ2) is 9.63. The molecule has 1 atom stereocenters. The SMILES string of the molecule is COC(C)c1nc(CNC(=O)c2ccccc2N)cs1.Cl.Cl. The Balaban J connectivity index is 0.00000220. The van der Waals surface area contributed by atoms with E-state index in [9.17, 15) is 4.79 Å². The van der Waals surface area contributed by atoms with E-state index in [-0.39, 0.29) is 36.8 Å². The number of carbonyl (C=O) groups excluding carboxylic acids is 1. The second-order valence-corrected chi connectivity index (χ2v) is 5.21. The van der Waals surface area contributed by atoms with Crippen LogP contribution in [0.15, 0.2) is 29.6 Å². The number of nitrogens with two attached hydrogens (primary N) is 1. The van der Waals surface area contributed by atoms with Gasteiger partial charge in [-0.05, 0) is 19.1 Å². The number of nitrogens with zero attached hydrogens (tertiary/aromatic N) is 1. The molecule has 1 heterocycles. The van der Waals surface area contributed by atoms with Crippen molar-refractivity contribution in [3.8, 4) is 0 Å². The summed E-state index contributed by atoms with van der Waals surface area (Å²) >= 11 is 1.52. The maximum atomic E-state index is 12.0. The zero-order chi connectivity index (χ0) is 14.5. The van der Waals surface area contributed by atoms with Crippen molar-refractivity contribution in [2.75, 3.05) is 12.8 Å². The number of methoxy groups -OCH3 is 1. The van der Waals surface area contributed by atoms with Gasteiger partial charge in [0.15, 0.2) is 0 Å². The number of para-hydroxylation sites is 1. The van der Waals surface area contributed by atoms with Crippen LogP contribution in [0.5, 0.6) is 0 Å². The summed E-state index contributed by atoms with van der Waals surface area (Å²) in [5.74, 6) is -0.197. The molecule has 22 heavy (non-hydrogen) atoms. The van der Waals surface area contributed by atoms with E-state index in [4.69, 9.17) is 10.5 Å². The zero-order valence-corrected chi connectivity index (χ0v) is 14.7. The Kier molecular flexibility index (Phi) is 9.04. The fourth-order valence-corrected chi connectivity index (χ4v) is 2.51. The van der Waals surface area contributed by atoms with Crippen LogP contribution in [0, 0.1) is 0 Å². The fourth-order valence-electron chi connectivity index (χ4n) is 1.66. The lowest BCUT2D eigenvalue weighted by Crippen LogP contribution is -2.23. The van der Waals surface area contributed by atoms with Crippen LogP contribution in [0.4, 0.5) is 5.69 Å². The number of carbonyl (C=O) groups is 1. The molecule has 0 aliphatic rings. The number of ether oxygens (including phenoxy) is 1. The van der Waals surface area contributed by atoms with E-state index in [0.29, 0.717) is 17.8 Å². The summed E-state index contributed by atoms with van der Waals surface area (Å²) in [6, 6.07) is 6.98. The first-order valence-electron chi connectivity index (χ1n) is 6.21. The zero-order valence-electron chi connectivity index (χ0n) is 12.2. The Labute approximate surface area is 146 Å². The molecule has 0 spiro atoms. The molecule has 1 unspecified atom stereocenters. The summed E-state index contributed by atoms with van der Waals surface area (Å²) in [6.45, 7) is 2.31. The first-order chi connectivity index (χ1) is 9.61. The third-order valence-corrected chi connectivity index (χ3v) is 3.96. The molecule has 122 valence electrons. The lowest BCUT2D eigenvalue weighted by molar-refractivity contribution is 0.0951. The number of aromatic nitrogens is 1. The molecule has 0 saturated carbocycles. The highest BCUT2D eigenvalue weighted by Gasteiger charge is 2.11. The number of thiazole rings is 1. The molecule has 0 aliphatic heterocycles. The molecule has 0 fully saturated rings. The van der Waals surface area contributed by atoms with Gasteiger partial charge in [-0.2, -0.15) is 0 Å². The molecule has 5 nitrogen and oxygen atoms in total. The molecule has 3 N–H and O–H groups in total. The summed E-state index contributed by atoms with van der Waals surface area (Å²) in [6.07, 6.45) is -0.0331. The first-order valence-corrected chi connectivity index (χ1v) is 7.09.